The van der Waals surface area contributed by atoms with Crippen LogP contribution in [0, 0.1) is 6.92 Å². The van der Waals surface area contributed by atoms with E-state index in [2.05, 4.69) is 39.4 Å². The fourth-order valence-electron chi connectivity index (χ4n) is 3.39. The van der Waals surface area contributed by atoms with E-state index in [1.54, 1.807) is 18.5 Å². The summed E-state index contributed by atoms with van der Waals surface area (Å²) in [4.78, 5) is 26.0. The molecule has 150 valence electrons. The van der Waals surface area contributed by atoms with Gasteiger partial charge in [0.1, 0.15) is 5.69 Å². The molecule has 2 aromatic heterocycles. The highest BCUT2D eigenvalue weighted by atomic mass is 16.1. The number of carbonyl (C=O) groups is 1. The average molecular weight is 397 g/mol. The Morgan fingerprint density at radius 1 is 0.933 bits per heavy atom. The normalized spacial score (nSPS) is 10.9. The Labute approximate surface area is 175 Å². The number of carbonyl (C=O) groups excluding carboxylic acids is 1. The van der Waals surface area contributed by atoms with E-state index in [0.29, 0.717) is 17.6 Å². The Morgan fingerprint density at radius 2 is 1.73 bits per heavy atom. The van der Waals surface area contributed by atoms with Crippen molar-refractivity contribution in [1.82, 2.24) is 15.0 Å². The van der Waals surface area contributed by atoms with Crippen molar-refractivity contribution in [3.63, 3.8) is 0 Å². The highest BCUT2D eigenvalue weighted by Crippen LogP contribution is 2.28. The van der Waals surface area contributed by atoms with Gasteiger partial charge in [-0.25, -0.2) is 9.97 Å². The van der Waals surface area contributed by atoms with E-state index in [-0.39, 0.29) is 5.91 Å². The number of fused-ring (bicyclic) bond motifs is 1. The predicted molar refractivity (Wildman–Crippen MR) is 120 cm³/mol. The van der Waals surface area contributed by atoms with Gasteiger partial charge in [0.15, 0.2) is 0 Å². The molecule has 1 amide bonds. The molecule has 30 heavy (non-hydrogen) atoms. The van der Waals surface area contributed by atoms with Crippen molar-refractivity contribution in [3.8, 4) is 0 Å². The fourth-order valence-corrected chi connectivity index (χ4v) is 3.39. The molecule has 0 fully saturated rings. The molecular weight excluding hydrogens is 374 g/mol. The number of hydrogen-bond donors (Lipinski definition) is 2. The second kappa shape index (κ2) is 8.29. The third-order valence-electron chi connectivity index (χ3n) is 4.93. The van der Waals surface area contributed by atoms with Crippen LogP contribution in [0.4, 0.5) is 17.3 Å². The van der Waals surface area contributed by atoms with Gasteiger partial charge in [0.25, 0.3) is 5.91 Å². The van der Waals surface area contributed by atoms with Crippen LogP contribution in [-0.4, -0.2) is 20.9 Å². The number of aryl methyl sites for hydroxylation is 1. The molecule has 2 N–H and O–H groups in total. The van der Waals surface area contributed by atoms with Crippen molar-refractivity contribution in [2.75, 3.05) is 10.6 Å². The summed E-state index contributed by atoms with van der Waals surface area (Å²) in [6, 6.07) is 17.4. The number of amides is 1. The number of nitrogens with zero attached hydrogens (tertiary/aromatic N) is 3. The van der Waals surface area contributed by atoms with Gasteiger partial charge in [-0.05, 0) is 42.2 Å². The average Bonchev–Trinajstić information content (AvgIpc) is 2.75. The number of pyridine rings is 1. The first-order chi connectivity index (χ1) is 14.5. The van der Waals surface area contributed by atoms with Crippen molar-refractivity contribution >= 4 is 34.1 Å². The number of anilines is 3. The predicted octanol–water partition coefficient (Wildman–Crippen LogP) is 5.45. The van der Waals surface area contributed by atoms with Gasteiger partial charge in [0.05, 0.1) is 11.2 Å². The zero-order valence-electron chi connectivity index (χ0n) is 17.2. The summed E-state index contributed by atoms with van der Waals surface area (Å²) in [5.41, 5.74) is 4.84. The van der Waals surface area contributed by atoms with E-state index < -0.39 is 0 Å². The number of nitrogens with one attached hydrogen (secondary N) is 2. The smallest absolute Gasteiger partial charge is 0.274 e. The minimum absolute atomic E-state index is 0.271. The van der Waals surface area contributed by atoms with Crippen LogP contribution in [-0.2, 0) is 0 Å². The topological polar surface area (TPSA) is 79.8 Å². The van der Waals surface area contributed by atoms with E-state index in [9.17, 15) is 4.79 Å². The van der Waals surface area contributed by atoms with E-state index in [1.165, 1.54) is 0 Å². The molecule has 0 unspecified atom stereocenters. The summed E-state index contributed by atoms with van der Waals surface area (Å²) in [7, 11) is 0. The molecule has 4 rings (SSSR count). The van der Waals surface area contributed by atoms with Crippen LogP contribution >= 0.6 is 0 Å². The van der Waals surface area contributed by atoms with Crippen molar-refractivity contribution < 1.29 is 4.79 Å². The lowest BCUT2D eigenvalue weighted by Gasteiger charge is -2.16. The first-order valence-electron chi connectivity index (χ1n) is 9.87. The van der Waals surface area contributed by atoms with Gasteiger partial charge in [-0.2, -0.15) is 0 Å². The lowest BCUT2D eigenvalue weighted by atomic mass is 9.98. The molecule has 2 heterocycles. The van der Waals surface area contributed by atoms with Crippen molar-refractivity contribution in [3.05, 3.63) is 83.8 Å². The summed E-state index contributed by atoms with van der Waals surface area (Å²) in [5.74, 6) is 0.365. The third kappa shape index (κ3) is 3.98. The standard InChI is InChI=1S/C24H23N5O/c1-15(2)18-10-4-7-16(3)21(18)29-23(30)20-12-14-26-24(28-20)27-19-11-5-8-17-9-6-13-25-22(17)19/h4-15H,1-3H3,(H,29,30)(H,26,27,28). The molecule has 0 aliphatic rings. The van der Waals surface area contributed by atoms with Crippen molar-refractivity contribution in [1.29, 1.82) is 0 Å². The summed E-state index contributed by atoms with van der Waals surface area (Å²) in [5, 5.41) is 7.22. The largest absolute Gasteiger partial charge is 0.322 e. The van der Waals surface area contributed by atoms with Gasteiger partial charge in [-0.1, -0.05) is 50.2 Å². The van der Waals surface area contributed by atoms with Crippen LogP contribution < -0.4 is 10.6 Å². The zero-order valence-corrected chi connectivity index (χ0v) is 17.2. The van der Waals surface area contributed by atoms with Gasteiger partial charge in [0.2, 0.25) is 5.95 Å². The Balaban J connectivity index is 1.60. The lowest BCUT2D eigenvalue weighted by Crippen LogP contribution is -2.17. The van der Waals surface area contributed by atoms with E-state index in [0.717, 1.165) is 33.4 Å². The minimum atomic E-state index is -0.271. The quantitative estimate of drug-likeness (QED) is 0.468. The van der Waals surface area contributed by atoms with Gasteiger partial charge in [0, 0.05) is 23.5 Å². The van der Waals surface area contributed by atoms with Crippen molar-refractivity contribution in [2.24, 2.45) is 0 Å². The maximum atomic E-state index is 12.9. The molecule has 0 spiro atoms. The molecule has 0 bridgehead atoms. The minimum Gasteiger partial charge on any atom is -0.322 e. The Kier molecular flexibility index (Phi) is 5.39. The number of aromatic nitrogens is 3. The van der Waals surface area contributed by atoms with E-state index >= 15 is 0 Å². The Hall–Kier alpha value is -3.80. The first kappa shape index (κ1) is 19.5. The van der Waals surface area contributed by atoms with Gasteiger partial charge in [-0.15, -0.1) is 0 Å². The first-order valence-corrected chi connectivity index (χ1v) is 9.87. The monoisotopic (exact) mass is 397 g/mol. The number of benzene rings is 2. The van der Waals surface area contributed by atoms with Crippen molar-refractivity contribution in [2.45, 2.75) is 26.7 Å². The zero-order chi connectivity index (χ0) is 21.1. The van der Waals surface area contributed by atoms with Crippen LogP contribution in [0.5, 0.6) is 0 Å². The number of para-hydroxylation sites is 2. The SMILES string of the molecule is Cc1cccc(C(C)C)c1NC(=O)c1ccnc(Nc2cccc3cccnc23)n1. The molecule has 0 aliphatic heterocycles. The Morgan fingerprint density at radius 3 is 2.57 bits per heavy atom. The number of hydrogen-bond acceptors (Lipinski definition) is 5. The lowest BCUT2D eigenvalue weighted by molar-refractivity contribution is 0.102. The van der Waals surface area contributed by atoms with E-state index in [4.69, 9.17) is 0 Å². The Bertz CT molecular complexity index is 1210. The molecule has 0 aliphatic carbocycles. The third-order valence-corrected chi connectivity index (χ3v) is 4.93. The molecule has 6 nitrogen and oxygen atoms in total. The summed E-state index contributed by atoms with van der Waals surface area (Å²) >= 11 is 0. The fraction of sp³-hybridized carbons (Fsp3) is 0.167. The van der Waals surface area contributed by atoms with Gasteiger partial charge in [-0.3, -0.25) is 9.78 Å². The number of rotatable bonds is 5. The summed E-state index contributed by atoms with van der Waals surface area (Å²) in [6.07, 6.45) is 3.32. The van der Waals surface area contributed by atoms with Crippen LogP contribution in [0.1, 0.15) is 41.4 Å². The molecule has 4 aromatic rings. The second-order valence-electron chi connectivity index (χ2n) is 7.42. The molecular formula is C24H23N5O. The maximum absolute atomic E-state index is 12.9. The van der Waals surface area contributed by atoms with Gasteiger partial charge >= 0.3 is 0 Å². The molecule has 0 radical (unpaired) electrons. The molecule has 0 atom stereocenters. The summed E-state index contributed by atoms with van der Waals surface area (Å²) in [6.45, 7) is 6.20. The molecule has 2 aromatic carbocycles. The van der Waals surface area contributed by atoms with Crippen LogP contribution in [0.3, 0.4) is 0 Å². The highest BCUT2D eigenvalue weighted by molar-refractivity contribution is 6.04. The van der Waals surface area contributed by atoms with Crippen LogP contribution in [0.15, 0.2) is 67.0 Å². The molecule has 0 saturated heterocycles. The maximum Gasteiger partial charge on any atom is 0.274 e. The highest BCUT2D eigenvalue weighted by Gasteiger charge is 2.15. The van der Waals surface area contributed by atoms with E-state index in [1.807, 2.05) is 55.5 Å². The molecule has 0 saturated carbocycles. The summed E-state index contributed by atoms with van der Waals surface area (Å²) < 4.78 is 0. The van der Waals surface area contributed by atoms with Crippen LogP contribution in [0.25, 0.3) is 10.9 Å². The molecule has 6 heteroatoms. The second-order valence-corrected chi connectivity index (χ2v) is 7.42. The van der Waals surface area contributed by atoms with Crippen LogP contribution in [0.2, 0.25) is 0 Å². The van der Waals surface area contributed by atoms with Gasteiger partial charge < -0.3 is 10.6 Å².